The second-order valence-corrected chi connectivity index (χ2v) is 5.26. The SMILES string of the molecule is C1COCCO1.O=c1[nH]c2ncncc2n1C1CCNCC1. The van der Waals surface area contributed by atoms with Crippen molar-refractivity contribution in [2.75, 3.05) is 39.5 Å². The quantitative estimate of drug-likeness (QED) is 0.775. The summed E-state index contributed by atoms with van der Waals surface area (Å²) in [7, 11) is 0. The molecule has 2 fully saturated rings. The lowest BCUT2D eigenvalue weighted by Gasteiger charge is -2.23. The van der Waals surface area contributed by atoms with Crippen LogP contribution in [0.1, 0.15) is 18.9 Å². The summed E-state index contributed by atoms with van der Waals surface area (Å²) in [5.41, 5.74) is 1.35. The Hall–Kier alpha value is -1.77. The Morgan fingerprint density at radius 1 is 1.14 bits per heavy atom. The number of nitrogens with one attached hydrogen (secondary N) is 2. The molecule has 0 spiro atoms. The zero-order valence-electron chi connectivity index (χ0n) is 12.5. The summed E-state index contributed by atoms with van der Waals surface area (Å²) >= 11 is 0. The number of aromatic nitrogens is 4. The van der Waals surface area contributed by atoms with E-state index in [-0.39, 0.29) is 11.7 Å². The van der Waals surface area contributed by atoms with Gasteiger partial charge in [0.1, 0.15) is 11.8 Å². The number of imidazole rings is 1. The van der Waals surface area contributed by atoms with Gasteiger partial charge in [0, 0.05) is 6.04 Å². The molecule has 2 aromatic rings. The van der Waals surface area contributed by atoms with E-state index < -0.39 is 0 Å². The smallest absolute Gasteiger partial charge is 0.327 e. The van der Waals surface area contributed by atoms with Gasteiger partial charge in [0.2, 0.25) is 0 Å². The maximum absolute atomic E-state index is 11.9. The van der Waals surface area contributed by atoms with Gasteiger partial charge >= 0.3 is 5.69 Å². The van der Waals surface area contributed by atoms with Crippen molar-refractivity contribution in [3.63, 3.8) is 0 Å². The third-order valence-electron chi connectivity index (χ3n) is 3.81. The van der Waals surface area contributed by atoms with E-state index in [0.717, 1.165) is 57.9 Å². The number of nitrogens with zero attached hydrogens (tertiary/aromatic N) is 3. The first-order chi connectivity index (χ1) is 10.9. The van der Waals surface area contributed by atoms with Crippen LogP contribution in [0.25, 0.3) is 11.2 Å². The molecule has 0 bridgehead atoms. The third-order valence-corrected chi connectivity index (χ3v) is 3.81. The molecule has 0 atom stereocenters. The molecule has 4 heterocycles. The molecule has 0 radical (unpaired) electrons. The normalized spacial score (nSPS) is 19.6. The predicted octanol–water partition coefficient (Wildman–Crippen LogP) is 0.0773. The van der Waals surface area contributed by atoms with Crippen LogP contribution >= 0.6 is 0 Å². The monoisotopic (exact) mass is 307 g/mol. The molecule has 22 heavy (non-hydrogen) atoms. The Kier molecular flexibility index (Phi) is 5.15. The van der Waals surface area contributed by atoms with E-state index in [1.807, 2.05) is 0 Å². The minimum absolute atomic E-state index is 0.0811. The highest BCUT2D eigenvalue weighted by Gasteiger charge is 2.19. The van der Waals surface area contributed by atoms with E-state index in [4.69, 9.17) is 9.47 Å². The van der Waals surface area contributed by atoms with Crippen LogP contribution in [0.4, 0.5) is 0 Å². The molecule has 2 N–H and O–H groups in total. The van der Waals surface area contributed by atoms with E-state index >= 15 is 0 Å². The molecule has 0 amide bonds. The number of piperidine rings is 1. The zero-order valence-corrected chi connectivity index (χ0v) is 12.5. The van der Waals surface area contributed by atoms with Gasteiger partial charge in [-0.15, -0.1) is 0 Å². The highest BCUT2D eigenvalue weighted by atomic mass is 16.6. The lowest BCUT2D eigenvalue weighted by molar-refractivity contribution is -0.0334. The van der Waals surface area contributed by atoms with Gasteiger partial charge in [0.05, 0.1) is 32.6 Å². The van der Waals surface area contributed by atoms with Gasteiger partial charge in [-0.2, -0.15) is 0 Å². The van der Waals surface area contributed by atoms with Crippen LogP contribution < -0.4 is 11.0 Å². The number of H-pyrrole nitrogens is 1. The summed E-state index contributed by atoms with van der Waals surface area (Å²) in [5.74, 6) is 0. The molecule has 2 aliphatic rings. The maximum Gasteiger partial charge on any atom is 0.327 e. The first-order valence-electron chi connectivity index (χ1n) is 7.62. The predicted molar refractivity (Wildman–Crippen MR) is 80.9 cm³/mol. The summed E-state index contributed by atoms with van der Waals surface area (Å²) < 4.78 is 11.7. The molecule has 2 aliphatic heterocycles. The van der Waals surface area contributed by atoms with Crippen LogP contribution in [-0.2, 0) is 9.47 Å². The first-order valence-corrected chi connectivity index (χ1v) is 7.62. The lowest BCUT2D eigenvalue weighted by atomic mass is 10.1. The molecule has 8 nitrogen and oxygen atoms in total. The second-order valence-electron chi connectivity index (χ2n) is 5.26. The summed E-state index contributed by atoms with van der Waals surface area (Å²) in [6, 6.07) is 0.258. The van der Waals surface area contributed by atoms with Crippen molar-refractivity contribution in [3.05, 3.63) is 23.0 Å². The Morgan fingerprint density at radius 3 is 2.45 bits per heavy atom. The number of hydrogen-bond donors (Lipinski definition) is 2. The maximum atomic E-state index is 11.9. The Bertz CT molecular complexity index is 632. The molecule has 8 heteroatoms. The Balaban J connectivity index is 0.000000202. The van der Waals surface area contributed by atoms with Crippen molar-refractivity contribution in [2.45, 2.75) is 18.9 Å². The molecule has 2 aromatic heterocycles. The fraction of sp³-hybridized carbons (Fsp3) is 0.643. The molecule has 0 aromatic carbocycles. The van der Waals surface area contributed by atoms with Crippen LogP contribution in [-0.4, -0.2) is 59.0 Å². The fourth-order valence-corrected chi connectivity index (χ4v) is 2.73. The average molecular weight is 307 g/mol. The Labute approximate surface area is 127 Å². The van der Waals surface area contributed by atoms with Crippen molar-refractivity contribution in [3.8, 4) is 0 Å². The Morgan fingerprint density at radius 2 is 1.82 bits per heavy atom. The highest BCUT2D eigenvalue weighted by molar-refractivity contribution is 5.69. The number of hydrogen-bond acceptors (Lipinski definition) is 6. The van der Waals surface area contributed by atoms with Crippen molar-refractivity contribution in [1.82, 2.24) is 24.8 Å². The van der Waals surface area contributed by atoms with Gasteiger partial charge in [-0.05, 0) is 25.9 Å². The highest BCUT2D eigenvalue weighted by Crippen LogP contribution is 2.20. The molecule has 4 rings (SSSR count). The van der Waals surface area contributed by atoms with E-state index in [2.05, 4.69) is 20.3 Å². The van der Waals surface area contributed by atoms with E-state index in [1.54, 1.807) is 10.8 Å². The van der Waals surface area contributed by atoms with Crippen molar-refractivity contribution in [1.29, 1.82) is 0 Å². The van der Waals surface area contributed by atoms with E-state index in [9.17, 15) is 4.79 Å². The van der Waals surface area contributed by atoms with Gasteiger partial charge in [-0.1, -0.05) is 0 Å². The molecule has 120 valence electrons. The van der Waals surface area contributed by atoms with Crippen LogP contribution in [0.3, 0.4) is 0 Å². The minimum atomic E-state index is -0.0811. The van der Waals surface area contributed by atoms with Crippen LogP contribution in [0, 0.1) is 0 Å². The largest absolute Gasteiger partial charge is 0.377 e. The average Bonchev–Trinajstić information content (AvgIpc) is 2.93. The summed E-state index contributed by atoms with van der Waals surface area (Å²) in [4.78, 5) is 22.6. The molecule has 0 saturated carbocycles. The van der Waals surface area contributed by atoms with Gasteiger partial charge in [-0.3, -0.25) is 9.55 Å². The van der Waals surface area contributed by atoms with Gasteiger partial charge in [-0.25, -0.2) is 14.8 Å². The van der Waals surface area contributed by atoms with Gasteiger partial charge < -0.3 is 14.8 Å². The van der Waals surface area contributed by atoms with Crippen molar-refractivity contribution >= 4 is 11.2 Å². The summed E-state index contributed by atoms with van der Waals surface area (Å²) in [5, 5.41) is 3.29. The second kappa shape index (κ2) is 7.48. The molecule has 0 aliphatic carbocycles. The number of aromatic amines is 1. The molecule has 2 saturated heterocycles. The van der Waals surface area contributed by atoms with E-state index in [1.165, 1.54) is 6.33 Å². The topological polar surface area (TPSA) is 94.1 Å². The summed E-state index contributed by atoms with van der Waals surface area (Å²) in [6.07, 6.45) is 5.09. The van der Waals surface area contributed by atoms with Crippen LogP contribution in [0.5, 0.6) is 0 Å². The van der Waals surface area contributed by atoms with Crippen LogP contribution in [0.15, 0.2) is 17.3 Å². The number of ether oxygens (including phenoxy) is 2. The van der Waals surface area contributed by atoms with Crippen molar-refractivity contribution in [2.24, 2.45) is 0 Å². The number of fused-ring (bicyclic) bond motifs is 1. The number of rotatable bonds is 1. The first kappa shape index (κ1) is 15.1. The lowest BCUT2D eigenvalue weighted by Crippen LogP contribution is -2.33. The van der Waals surface area contributed by atoms with Gasteiger partial charge in [0.15, 0.2) is 5.65 Å². The zero-order chi connectivity index (χ0) is 15.2. The minimum Gasteiger partial charge on any atom is -0.377 e. The third kappa shape index (κ3) is 3.52. The standard InChI is InChI=1S/C10H13N5O.C4H8O2/c16-10-14-9-8(5-12-6-13-9)15(10)7-1-3-11-4-2-7;1-2-6-4-3-5-1/h5-7,11H,1-4H2,(H,12,13,14,16);1-4H2. The fourth-order valence-electron chi connectivity index (χ4n) is 2.73. The van der Waals surface area contributed by atoms with E-state index in [0.29, 0.717) is 5.65 Å². The van der Waals surface area contributed by atoms with Gasteiger partial charge in [0.25, 0.3) is 0 Å². The van der Waals surface area contributed by atoms with Crippen molar-refractivity contribution < 1.29 is 9.47 Å². The van der Waals surface area contributed by atoms with Crippen LogP contribution in [0.2, 0.25) is 0 Å². The molecule has 0 unspecified atom stereocenters. The molecular weight excluding hydrogens is 286 g/mol. The molecular formula is C14H21N5O3. The summed E-state index contributed by atoms with van der Waals surface area (Å²) in [6.45, 7) is 5.02.